The number of thiophene rings is 1. The van der Waals surface area contributed by atoms with E-state index in [1.807, 2.05) is 11.3 Å². The van der Waals surface area contributed by atoms with Crippen LogP contribution in [0.5, 0.6) is 0 Å². The number of aryl methyl sites for hydroxylation is 1. The molecule has 0 saturated carbocycles. The molecular weight excluding hydrogens is 188 g/mol. The van der Waals surface area contributed by atoms with Crippen molar-refractivity contribution in [1.82, 2.24) is 0 Å². The third kappa shape index (κ3) is 1.57. The Kier molecular flexibility index (Phi) is 2.60. The maximum atomic E-state index is 2.36. The Bertz CT molecular complexity index is 437. The molecule has 0 bridgehead atoms. The van der Waals surface area contributed by atoms with Gasteiger partial charge in [0.15, 0.2) is 0 Å². The largest absolute Gasteiger partial charge is 0.144 e. The smallest absolute Gasteiger partial charge is 0.0345 e. The average molecular weight is 204 g/mol. The first-order chi connectivity index (χ1) is 6.72. The molecule has 0 atom stereocenters. The number of hydrogen-bond acceptors (Lipinski definition) is 1. The van der Waals surface area contributed by atoms with Crippen LogP contribution in [0.4, 0.5) is 0 Å². The Morgan fingerprint density at radius 1 is 1.29 bits per heavy atom. The van der Waals surface area contributed by atoms with Gasteiger partial charge in [-0.25, -0.2) is 0 Å². The van der Waals surface area contributed by atoms with Crippen molar-refractivity contribution < 1.29 is 0 Å². The first-order valence-electron chi connectivity index (χ1n) is 5.22. The second-order valence-corrected chi connectivity index (χ2v) is 4.97. The molecule has 0 nitrogen and oxygen atoms in total. The zero-order valence-electron chi connectivity index (χ0n) is 9.00. The normalized spacial score (nSPS) is 11.4. The van der Waals surface area contributed by atoms with E-state index in [0.29, 0.717) is 5.92 Å². The van der Waals surface area contributed by atoms with Crippen molar-refractivity contribution in [2.45, 2.75) is 33.1 Å². The molecule has 1 aromatic carbocycles. The minimum atomic E-state index is 0.636. The van der Waals surface area contributed by atoms with Crippen LogP contribution in [0.3, 0.4) is 0 Å². The predicted octanol–water partition coefficient (Wildman–Crippen LogP) is 4.59. The van der Waals surface area contributed by atoms with Gasteiger partial charge >= 0.3 is 0 Å². The highest BCUT2D eigenvalue weighted by Gasteiger charge is 2.07. The number of hydrogen-bond donors (Lipinski definition) is 0. The van der Waals surface area contributed by atoms with Gasteiger partial charge in [-0.05, 0) is 46.4 Å². The topological polar surface area (TPSA) is 0 Å². The molecule has 0 saturated heterocycles. The van der Waals surface area contributed by atoms with Crippen LogP contribution in [0.25, 0.3) is 10.1 Å². The number of rotatable bonds is 2. The van der Waals surface area contributed by atoms with E-state index in [1.165, 1.54) is 21.2 Å². The average Bonchev–Trinajstić information content (AvgIpc) is 2.62. The fourth-order valence-electron chi connectivity index (χ4n) is 1.92. The third-order valence-electron chi connectivity index (χ3n) is 2.72. The number of fused-ring (bicyclic) bond motifs is 1. The summed E-state index contributed by atoms with van der Waals surface area (Å²) in [6.07, 6.45) is 1.14. The van der Waals surface area contributed by atoms with Crippen LogP contribution in [-0.2, 0) is 6.42 Å². The quantitative estimate of drug-likeness (QED) is 0.671. The van der Waals surface area contributed by atoms with E-state index in [0.717, 1.165) is 6.42 Å². The Morgan fingerprint density at radius 2 is 2.07 bits per heavy atom. The molecular formula is C13H16S. The van der Waals surface area contributed by atoms with Gasteiger partial charge in [0.25, 0.3) is 0 Å². The van der Waals surface area contributed by atoms with Crippen LogP contribution in [0.15, 0.2) is 23.6 Å². The summed E-state index contributed by atoms with van der Waals surface area (Å²) in [6, 6.07) is 6.92. The van der Waals surface area contributed by atoms with Crippen molar-refractivity contribution in [3.05, 3.63) is 34.7 Å². The van der Waals surface area contributed by atoms with E-state index in [-0.39, 0.29) is 0 Å². The first kappa shape index (κ1) is 9.72. The molecule has 0 aliphatic rings. The van der Waals surface area contributed by atoms with Crippen LogP contribution in [0.2, 0.25) is 0 Å². The van der Waals surface area contributed by atoms with Crippen LogP contribution in [0.1, 0.15) is 37.8 Å². The monoisotopic (exact) mass is 204 g/mol. The summed E-state index contributed by atoms with van der Waals surface area (Å²) in [7, 11) is 0. The third-order valence-corrected chi connectivity index (χ3v) is 3.60. The first-order valence-corrected chi connectivity index (χ1v) is 6.10. The van der Waals surface area contributed by atoms with Crippen molar-refractivity contribution in [2.75, 3.05) is 0 Å². The minimum absolute atomic E-state index is 0.636. The van der Waals surface area contributed by atoms with Crippen LogP contribution in [-0.4, -0.2) is 0 Å². The molecule has 1 heterocycles. The van der Waals surface area contributed by atoms with E-state index < -0.39 is 0 Å². The Balaban J connectivity index is 2.66. The Labute approximate surface area is 89.6 Å². The minimum Gasteiger partial charge on any atom is -0.144 e. The zero-order valence-corrected chi connectivity index (χ0v) is 9.82. The van der Waals surface area contributed by atoms with E-state index in [1.54, 1.807) is 0 Å². The standard InChI is InChI=1S/C13H16S/c1-4-10-7-11-5-6-14-13(11)8-12(10)9(2)3/h5-9H,4H2,1-3H3. The van der Waals surface area contributed by atoms with E-state index >= 15 is 0 Å². The fourth-order valence-corrected chi connectivity index (χ4v) is 2.74. The van der Waals surface area contributed by atoms with Crippen LogP contribution >= 0.6 is 11.3 Å². The van der Waals surface area contributed by atoms with E-state index in [2.05, 4.69) is 44.4 Å². The maximum Gasteiger partial charge on any atom is 0.0345 e. The zero-order chi connectivity index (χ0) is 10.1. The van der Waals surface area contributed by atoms with Gasteiger partial charge in [0, 0.05) is 4.70 Å². The van der Waals surface area contributed by atoms with Crippen molar-refractivity contribution in [3.8, 4) is 0 Å². The summed E-state index contributed by atoms with van der Waals surface area (Å²) in [5.41, 5.74) is 3.02. The molecule has 0 radical (unpaired) electrons. The Morgan fingerprint density at radius 3 is 2.71 bits per heavy atom. The van der Waals surface area contributed by atoms with E-state index in [9.17, 15) is 0 Å². The summed E-state index contributed by atoms with van der Waals surface area (Å²) in [6.45, 7) is 6.78. The summed E-state index contributed by atoms with van der Waals surface area (Å²) in [5.74, 6) is 0.636. The van der Waals surface area contributed by atoms with Crippen LogP contribution < -0.4 is 0 Å². The maximum absolute atomic E-state index is 2.36. The lowest BCUT2D eigenvalue weighted by atomic mass is 9.95. The van der Waals surface area contributed by atoms with Gasteiger partial charge in [-0.2, -0.15) is 0 Å². The molecule has 0 fully saturated rings. The lowest BCUT2D eigenvalue weighted by molar-refractivity contribution is 0.847. The SMILES string of the molecule is CCc1cc2ccsc2cc1C(C)C. The second-order valence-electron chi connectivity index (χ2n) is 4.02. The van der Waals surface area contributed by atoms with Gasteiger partial charge in [0.1, 0.15) is 0 Å². The van der Waals surface area contributed by atoms with Gasteiger partial charge in [0.2, 0.25) is 0 Å². The van der Waals surface area contributed by atoms with Crippen molar-refractivity contribution in [1.29, 1.82) is 0 Å². The van der Waals surface area contributed by atoms with Crippen molar-refractivity contribution >= 4 is 21.4 Å². The van der Waals surface area contributed by atoms with Crippen LogP contribution in [0, 0.1) is 0 Å². The van der Waals surface area contributed by atoms with Gasteiger partial charge in [-0.15, -0.1) is 11.3 Å². The molecule has 14 heavy (non-hydrogen) atoms. The van der Waals surface area contributed by atoms with Gasteiger partial charge in [0.05, 0.1) is 0 Å². The summed E-state index contributed by atoms with van der Waals surface area (Å²) in [5, 5.41) is 3.57. The predicted molar refractivity (Wildman–Crippen MR) is 65.3 cm³/mol. The molecule has 74 valence electrons. The van der Waals surface area contributed by atoms with Gasteiger partial charge in [-0.3, -0.25) is 0 Å². The molecule has 2 rings (SSSR count). The molecule has 0 amide bonds. The molecule has 0 unspecified atom stereocenters. The molecule has 1 heteroatoms. The lowest BCUT2D eigenvalue weighted by Gasteiger charge is -2.11. The highest BCUT2D eigenvalue weighted by molar-refractivity contribution is 7.17. The second kappa shape index (κ2) is 3.74. The molecule has 0 aliphatic carbocycles. The molecule has 0 N–H and O–H groups in total. The van der Waals surface area contributed by atoms with Crippen molar-refractivity contribution in [2.24, 2.45) is 0 Å². The van der Waals surface area contributed by atoms with Gasteiger partial charge < -0.3 is 0 Å². The lowest BCUT2D eigenvalue weighted by Crippen LogP contribution is -1.94. The van der Waals surface area contributed by atoms with E-state index in [4.69, 9.17) is 0 Å². The molecule has 0 spiro atoms. The summed E-state index contributed by atoms with van der Waals surface area (Å²) >= 11 is 1.84. The fraction of sp³-hybridized carbons (Fsp3) is 0.385. The Hall–Kier alpha value is -0.820. The highest BCUT2D eigenvalue weighted by atomic mass is 32.1. The molecule has 2 aromatic rings. The van der Waals surface area contributed by atoms with Gasteiger partial charge in [-0.1, -0.05) is 26.8 Å². The molecule has 1 aromatic heterocycles. The summed E-state index contributed by atoms with van der Waals surface area (Å²) < 4.78 is 1.42. The molecule has 0 aliphatic heterocycles. The number of benzene rings is 1. The van der Waals surface area contributed by atoms with Crippen molar-refractivity contribution in [3.63, 3.8) is 0 Å². The highest BCUT2D eigenvalue weighted by Crippen LogP contribution is 2.29. The summed E-state index contributed by atoms with van der Waals surface area (Å²) in [4.78, 5) is 0.